The minimum atomic E-state index is -0.475. The predicted octanol–water partition coefficient (Wildman–Crippen LogP) is 1.28. The number of carbonyl (C=O) groups excluding carboxylic acids is 1. The summed E-state index contributed by atoms with van der Waals surface area (Å²) >= 11 is 0. The molecule has 0 radical (unpaired) electrons. The molecule has 1 amide bonds. The number of hydrogen-bond acceptors (Lipinski definition) is 4. The summed E-state index contributed by atoms with van der Waals surface area (Å²) in [7, 11) is 0. The molecule has 0 aromatic carbocycles. The maximum absolute atomic E-state index is 12.4. The summed E-state index contributed by atoms with van der Waals surface area (Å²) in [6.07, 6.45) is 2.06. The van der Waals surface area contributed by atoms with Gasteiger partial charge in [-0.1, -0.05) is 27.7 Å². The van der Waals surface area contributed by atoms with E-state index in [2.05, 4.69) is 27.1 Å². The van der Waals surface area contributed by atoms with Gasteiger partial charge in [0, 0.05) is 30.2 Å². The molecule has 22 heavy (non-hydrogen) atoms. The van der Waals surface area contributed by atoms with Crippen LogP contribution in [0.1, 0.15) is 56.7 Å². The van der Waals surface area contributed by atoms with Crippen molar-refractivity contribution < 1.29 is 4.79 Å². The third kappa shape index (κ3) is 4.16. The van der Waals surface area contributed by atoms with E-state index in [1.807, 2.05) is 20.8 Å². The Kier molecular flexibility index (Phi) is 5.01. The third-order valence-electron chi connectivity index (χ3n) is 3.93. The molecule has 2 N–H and O–H groups in total. The Labute approximate surface area is 131 Å². The summed E-state index contributed by atoms with van der Waals surface area (Å²) < 4.78 is 0. The SMILES string of the molecule is CCCN1CC[C@H](NC(=O)c2cc(C(C)(C)C)[nH]c(=O)n2)C1. The van der Waals surface area contributed by atoms with Gasteiger partial charge in [-0.2, -0.15) is 4.98 Å². The first-order valence-corrected chi connectivity index (χ1v) is 7.94. The van der Waals surface area contributed by atoms with Gasteiger partial charge in [-0.05, 0) is 25.5 Å². The molecule has 122 valence electrons. The van der Waals surface area contributed by atoms with Crippen molar-refractivity contribution in [1.82, 2.24) is 20.2 Å². The minimum absolute atomic E-state index is 0.137. The molecular formula is C16H26N4O2. The quantitative estimate of drug-likeness (QED) is 0.878. The Morgan fingerprint density at radius 1 is 1.50 bits per heavy atom. The molecule has 1 saturated heterocycles. The normalized spacial score (nSPS) is 19.4. The highest BCUT2D eigenvalue weighted by molar-refractivity contribution is 5.92. The lowest BCUT2D eigenvalue weighted by Gasteiger charge is -2.19. The topological polar surface area (TPSA) is 78.1 Å². The summed E-state index contributed by atoms with van der Waals surface area (Å²) in [5.41, 5.74) is 0.207. The first kappa shape index (κ1) is 16.7. The summed E-state index contributed by atoms with van der Waals surface area (Å²) in [4.78, 5) is 32.9. The van der Waals surface area contributed by atoms with Gasteiger partial charge in [-0.25, -0.2) is 4.79 Å². The van der Waals surface area contributed by atoms with Crippen molar-refractivity contribution in [3.63, 3.8) is 0 Å². The van der Waals surface area contributed by atoms with Gasteiger partial charge in [-0.3, -0.25) is 4.79 Å². The average molecular weight is 306 g/mol. The Morgan fingerprint density at radius 3 is 2.86 bits per heavy atom. The van der Waals surface area contributed by atoms with Crippen molar-refractivity contribution in [3.8, 4) is 0 Å². The van der Waals surface area contributed by atoms with Crippen LogP contribution in [0, 0.1) is 0 Å². The summed E-state index contributed by atoms with van der Waals surface area (Å²) in [5.74, 6) is -0.264. The number of nitrogens with zero attached hydrogens (tertiary/aromatic N) is 2. The van der Waals surface area contributed by atoms with Gasteiger partial charge in [0.05, 0.1) is 0 Å². The molecule has 2 heterocycles. The van der Waals surface area contributed by atoms with Gasteiger partial charge in [0.1, 0.15) is 5.69 Å². The van der Waals surface area contributed by atoms with Crippen LogP contribution in [-0.4, -0.2) is 46.5 Å². The molecule has 1 aromatic heterocycles. The number of amides is 1. The predicted molar refractivity (Wildman–Crippen MR) is 86.2 cm³/mol. The van der Waals surface area contributed by atoms with Crippen molar-refractivity contribution in [1.29, 1.82) is 0 Å². The third-order valence-corrected chi connectivity index (χ3v) is 3.93. The van der Waals surface area contributed by atoms with E-state index < -0.39 is 5.69 Å². The van der Waals surface area contributed by atoms with E-state index in [1.54, 1.807) is 6.07 Å². The van der Waals surface area contributed by atoms with Crippen molar-refractivity contribution in [2.24, 2.45) is 0 Å². The second-order valence-electron chi connectivity index (χ2n) is 6.99. The van der Waals surface area contributed by atoms with Crippen molar-refractivity contribution in [2.75, 3.05) is 19.6 Å². The molecule has 6 nitrogen and oxygen atoms in total. The summed E-state index contributed by atoms with van der Waals surface area (Å²) in [6.45, 7) is 11.0. The maximum atomic E-state index is 12.4. The second kappa shape index (κ2) is 6.60. The average Bonchev–Trinajstić information content (AvgIpc) is 2.85. The van der Waals surface area contributed by atoms with Crippen LogP contribution in [0.4, 0.5) is 0 Å². The van der Waals surface area contributed by atoms with Crippen LogP contribution < -0.4 is 11.0 Å². The van der Waals surface area contributed by atoms with Crippen molar-refractivity contribution >= 4 is 5.91 Å². The Bertz CT molecular complexity index is 589. The monoisotopic (exact) mass is 306 g/mol. The van der Waals surface area contributed by atoms with Gasteiger partial charge < -0.3 is 15.2 Å². The molecular weight excluding hydrogens is 280 g/mol. The molecule has 1 aromatic rings. The maximum Gasteiger partial charge on any atom is 0.345 e. The number of aromatic nitrogens is 2. The molecule has 2 rings (SSSR count). The molecule has 6 heteroatoms. The second-order valence-corrected chi connectivity index (χ2v) is 6.99. The Morgan fingerprint density at radius 2 is 2.23 bits per heavy atom. The van der Waals surface area contributed by atoms with Crippen LogP contribution in [0.15, 0.2) is 10.9 Å². The standard InChI is InChI=1S/C16H26N4O2/c1-5-7-20-8-6-11(10-20)17-14(21)12-9-13(16(2,3)4)19-15(22)18-12/h9,11H,5-8,10H2,1-4H3,(H,17,21)(H,18,19,22)/t11-/m0/s1. The fourth-order valence-electron chi connectivity index (χ4n) is 2.71. The largest absolute Gasteiger partial charge is 0.347 e. The van der Waals surface area contributed by atoms with Crippen LogP contribution in [0.5, 0.6) is 0 Å². The lowest BCUT2D eigenvalue weighted by Crippen LogP contribution is -2.38. The van der Waals surface area contributed by atoms with E-state index in [4.69, 9.17) is 0 Å². The van der Waals surface area contributed by atoms with Crippen LogP contribution in [0.25, 0.3) is 0 Å². The van der Waals surface area contributed by atoms with Crippen molar-refractivity contribution in [3.05, 3.63) is 27.9 Å². The molecule has 0 spiro atoms. The van der Waals surface area contributed by atoms with Crippen LogP contribution in [0.2, 0.25) is 0 Å². The lowest BCUT2D eigenvalue weighted by atomic mass is 9.91. The van der Waals surface area contributed by atoms with Gasteiger partial charge in [0.2, 0.25) is 0 Å². The first-order chi connectivity index (χ1) is 10.3. The molecule has 0 saturated carbocycles. The van der Waals surface area contributed by atoms with E-state index in [0.29, 0.717) is 0 Å². The molecule has 1 atom stereocenters. The number of carbonyl (C=O) groups is 1. The molecule has 1 aliphatic heterocycles. The zero-order valence-corrected chi connectivity index (χ0v) is 13.9. The fraction of sp³-hybridized carbons (Fsp3) is 0.688. The Balaban J connectivity index is 2.07. The lowest BCUT2D eigenvalue weighted by molar-refractivity contribution is 0.0932. The highest BCUT2D eigenvalue weighted by atomic mass is 16.2. The molecule has 0 bridgehead atoms. The van der Waals surface area contributed by atoms with E-state index in [-0.39, 0.29) is 23.1 Å². The van der Waals surface area contributed by atoms with Gasteiger partial charge in [-0.15, -0.1) is 0 Å². The number of H-pyrrole nitrogens is 1. The summed E-state index contributed by atoms with van der Waals surface area (Å²) in [5, 5.41) is 2.99. The Hall–Kier alpha value is -1.69. The highest BCUT2D eigenvalue weighted by Gasteiger charge is 2.25. The van der Waals surface area contributed by atoms with E-state index in [0.717, 1.165) is 38.2 Å². The zero-order chi connectivity index (χ0) is 16.3. The number of rotatable bonds is 4. The summed E-state index contributed by atoms with van der Waals surface area (Å²) in [6, 6.07) is 1.81. The van der Waals surface area contributed by atoms with Gasteiger partial charge in [0.25, 0.3) is 5.91 Å². The number of aromatic amines is 1. The number of nitrogens with one attached hydrogen (secondary N) is 2. The number of hydrogen-bond donors (Lipinski definition) is 2. The number of likely N-dealkylation sites (tertiary alicyclic amines) is 1. The zero-order valence-electron chi connectivity index (χ0n) is 13.9. The molecule has 1 aliphatic rings. The van der Waals surface area contributed by atoms with Crippen LogP contribution in [-0.2, 0) is 5.41 Å². The van der Waals surface area contributed by atoms with Crippen LogP contribution in [0.3, 0.4) is 0 Å². The minimum Gasteiger partial charge on any atom is -0.347 e. The van der Waals surface area contributed by atoms with E-state index in [1.165, 1.54) is 0 Å². The molecule has 1 fully saturated rings. The molecule has 0 unspecified atom stereocenters. The smallest absolute Gasteiger partial charge is 0.345 e. The van der Waals surface area contributed by atoms with Gasteiger partial charge in [0.15, 0.2) is 0 Å². The fourth-order valence-corrected chi connectivity index (χ4v) is 2.71. The van der Waals surface area contributed by atoms with Crippen LogP contribution >= 0.6 is 0 Å². The first-order valence-electron chi connectivity index (χ1n) is 7.94. The molecule has 0 aliphatic carbocycles. The van der Waals surface area contributed by atoms with E-state index in [9.17, 15) is 9.59 Å². The van der Waals surface area contributed by atoms with E-state index >= 15 is 0 Å². The van der Waals surface area contributed by atoms with Gasteiger partial charge >= 0.3 is 5.69 Å². The highest BCUT2D eigenvalue weighted by Crippen LogP contribution is 2.19. The van der Waals surface area contributed by atoms with Crippen molar-refractivity contribution in [2.45, 2.75) is 52.0 Å².